The van der Waals surface area contributed by atoms with E-state index in [9.17, 15) is 0 Å². The van der Waals surface area contributed by atoms with Gasteiger partial charge in [-0.25, -0.2) is 0 Å². The maximum atomic E-state index is 5.96. The van der Waals surface area contributed by atoms with Gasteiger partial charge in [0.15, 0.2) is 0 Å². The normalized spacial score (nSPS) is 14.5. The third-order valence-electron chi connectivity index (χ3n) is 3.51. The molecule has 20 heavy (non-hydrogen) atoms. The van der Waals surface area contributed by atoms with Crippen LogP contribution in [-0.2, 0) is 0 Å². The number of halogens is 1. The third-order valence-corrected chi connectivity index (χ3v) is 3.77. The fourth-order valence-electron chi connectivity index (χ4n) is 2.38. The van der Waals surface area contributed by atoms with Crippen molar-refractivity contribution in [1.29, 1.82) is 0 Å². The highest BCUT2D eigenvalue weighted by Gasteiger charge is 2.20. The topological polar surface area (TPSA) is 25.2 Å². The Bertz CT molecular complexity index is 544. The first-order valence-corrected chi connectivity index (χ1v) is 7.43. The molecular weight excluding hydrogens is 270 g/mol. The molecule has 0 fully saturated rings. The van der Waals surface area contributed by atoms with Crippen molar-refractivity contribution in [3.8, 4) is 0 Å². The number of hydrogen-bond donors (Lipinski definition) is 1. The molecule has 108 valence electrons. The molecule has 2 rings (SSSR count). The molecule has 2 aromatic rings. The smallest absolute Gasteiger partial charge is 0.120 e. The van der Waals surface area contributed by atoms with E-state index in [1.165, 1.54) is 5.56 Å². The number of benzene rings is 1. The lowest BCUT2D eigenvalue weighted by molar-refractivity contribution is 0.336. The van der Waals surface area contributed by atoms with Crippen molar-refractivity contribution in [2.45, 2.75) is 39.8 Å². The Balaban J connectivity index is 2.15. The molecule has 2 nitrogen and oxygen atoms in total. The monoisotopic (exact) mass is 291 g/mol. The molecule has 0 spiro atoms. The highest BCUT2D eigenvalue weighted by atomic mass is 35.5. The summed E-state index contributed by atoms with van der Waals surface area (Å²) in [5.74, 6) is 2.40. The molecule has 0 bridgehead atoms. The molecule has 0 aliphatic rings. The second-order valence-corrected chi connectivity index (χ2v) is 6.05. The van der Waals surface area contributed by atoms with Crippen LogP contribution in [0, 0.1) is 12.8 Å². The molecule has 1 aromatic carbocycles. The predicted molar refractivity (Wildman–Crippen MR) is 84.0 cm³/mol. The van der Waals surface area contributed by atoms with Gasteiger partial charge in [0.2, 0.25) is 0 Å². The summed E-state index contributed by atoms with van der Waals surface area (Å²) in [4.78, 5) is 0. The summed E-state index contributed by atoms with van der Waals surface area (Å²) < 4.78 is 5.70. The Morgan fingerprint density at radius 3 is 2.15 bits per heavy atom. The summed E-state index contributed by atoms with van der Waals surface area (Å²) >= 11 is 5.96. The molecule has 1 heterocycles. The molecule has 0 saturated carbocycles. The van der Waals surface area contributed by atoms with Crippen LogP contribution in [0.3, 0.4) is 0 Å². The average molecular weight is 292 g/mol. The van der Waals surface area contributed by atoms with Gasteiger partial charge < -0.3 is 9.73 Å². The summed E-state index contributed by atoms with van der Waals surface area (Å²) in [6.45, 7) is 8.53. The van der Waals surface area contributed by atoms with E-state index in [1.54, 1.807) is 0 Å². The van der Waals surface area contributed by atoms with Gasteiger partial charge in [-0.15, -0.1) is 0 Å². The van der Waals surface area contributed by atoms with Gasteiger partial charge >= 0.3 is 0 Å². The second-order valence-electron chi connectivity index (χ2n) is 5.61. The molecule has 2 atom stereocenters. The van der Waals surface area contributed by atoms with Gasteiger partial charge in [0.1, 0.15) is 11.5 Å². The molecule has 0 saturated heterocycles. The molecule has 0 amide bonds. The van der Waals surface area contributed by atoms with Crippen molar-refractivity contribution in [1.82, 2.24) is 5.32 Å². The standard InChI is InChI=1S/C17H22ClNO/c1-11(2)17(14-6-8-15(18)9-7-14)19-13(4)16-10-5-12(3)20-16/h5-11,13,17,19H,1-4H3. The Morgan fingerprint density at radius 1 is 1.00 bits per heavy atom. The lowest BCUT2D eigenvalue weighted by Gasteiger charge is -2.26. The molecule has 1 N–H and O–H groups in total. The maximum Gasteiger partial charge on any atom is 0.120 e. The van der Waals surface area contributed by atoms with E-state index in [1.807, 2.05) is 31.2 Å². The van der Waals surface area contributed by atoms with E-state index in [0.717, 1.165) is 16.5 Å². The van der Waals surface area contributed by atoms with E-state index in [4.69, 9.17) is 16.0 Å². The van der Waals surface area contributed by atoms with Gasteiger partial charge in [-0.3, -0.25) is 0 Å². The molecule has 0 aliphatic heterocycles. The Labute approximate surface area is 126 Å². The number of nitrogens with one attached hydrogen (secondary N) is 1. The lowest BCUT2D eigenvalue weighted by atomic mass is 9.95. The summed E-state index contributed by atoms with van der Waals surface area (Å²) in [5.41, 5.74) is 1.25. The summed E-state index contributed by atoms with van der Waals surface area (Å²) in [6, 6.07) is 12.5. The Morgan fingerprint density at radius 2 is 1.65 bits per heavy atom. The van der Waals surface area contributed by atoms with Crippen molar-refractivity contribution in [2.24, 2.45) is 5.92 Å². The zero-order valence-electron chi connectivity index (χ0n) is 12.5. The van der Waals surface area contributed by atoms with E-state index < -0.39 is 0 Å². The van der Waals surface area contributed by atoms with Gasteiger partial charge in [0.25, 0.3) is 0 Å². The third kappa shape index (κ3) is 3.65. The average Bonchev–Trinajstić information content (AvgIpc) is 2.83. The van der Waals surface area contributed by atoms with Crippen LogP contribution < -0.4 is 5.32 Å². The van der Waals surface area contributed by atoms with Gasteiger partial charge in [-0.1, -0.05) is 37.6 Å². The maximum absolute atomic E-state index is 5.96. The van der Waals surface area contributed by atoms with Crippen LogP contribution in [0.25, 0.3) is 0 Å². The van der Waals surface area contributed by atoms with E-state index >= 15 is 0 Å². The second kappa shape index (κ2) is 6.47. The van der Waals surface area contributed by atoms with E-state index in [0.29, 0.717) is 5.92 Å². The zero-order chi connectivity index (χ0) is 14.7. The lowest BCUT2D eigenvalue weighted by Crippen LogP contribution is -2.28. The van der Waals surface area contributed by atoms with Crippen LogP contribution in [0.4, 0.5) is 0 Å². The van der Waals surface area contributed by atoms with Gasteiger partial charge in [0, 0.05) is 11.1 Å². The van der Waals surface area contributed by atoms with Gasteiger partial charge in [-0.2, -0.15) is 0 Å². The quantitative estimate of drug-likeness (QED) is 0.810. The highest BCUT2D eigenvalue weighted by molar-refractivity contribution is 6.30. The fraction of sp³-hybridized carbons (Fsp3) is 0.412. The summed E-state index contributed by atoms with van der Waals surface area (Å²) in [7, 11) is 0. The summed E-state index contributed by atoms with van der Waals surface area (Å²) in [5, 5.41) is 4.41. The summed E-state index contributed by atoms with van der Waals surface area (Å²) in [6.07, 6.45) is 0. The van der Waals surface area contributed by atoms with Crippen LogP contribution in [0.2, 0.25) is 5.02 Å². The minimum absolute atomic E-state index is 0.173. The number of aryl methyl sites for hydroxylation is 1. The first kappa shape index (κ1) is 15.1. The molecular formula is C17H22ClNO. The van der Waals surface area contributed by atoms with E-state index in [2.05, 4.69) is 38.2 Å². The number of furan rings is 1. The van der Waals surface area contributed by atoms with Gasteiger partial charge in [-0.05, 0) is 49.6 Å². The Hall–Kier alpha value is -1.25. The first-order valence-electron chi connectivity index (χ1n) is 7.05. The number of hydrogen-bond acceptors (Lipinski definition) is 2. The molecule has 2 unspecified atom stereocenters. The predicted octanol–water partition coefficient (Wildman–Crippen LogP) is 5.29. The van der Waals surface area contributed by atoms with Crippen LogP contribution >= 0.6 is 11.6 Å². The molecule has 1 aromatic heterocycles. The van der Waals surface area contributed by atoms with Crippen molar-refractivity contribution in [2.75, 3.05) is 0 Å². The molecule has 3 heteroatoms. The first-order chi connectivity index (χ1) is 9.47. The van der Waals surface area contributed by atoms with Crippen molar-refractivity contribution in [3.63, 3.8) is 0 Å². The highest BCUT2D eigenvalue weighted by Crippen LogP contribution is 2.27. The largest absolute Gasteiger partial charge is 0.465 e. The van der Waals surface area contributed by atoms with Crippen molar-refractivity contribution in [3.05, 3.63) is 58.5 Å². The van der Waals surface area contributed by atoms with Crippen LogP contribution in [0.15, 0.2) is 40.8 Å². The van der Waals surface area contributed by atoms with Gasteiger partial charge in [0.05, 0.1) is 6.04 Å². The van der Waals surface area contributed by atoms with Crippen LogP contribution in [0.1, 0.15) is 49.9 Å². The zero-order valence-corrected chi connectivity index (χ0v) is 13.2. The fourth-order valence-corrected chi connectivity index (χ4v) is 2.51. The van der Waals surface area contributed by atoms with Crippen LogP contribution in [-0.4, -0.2) is 0 Å². The van der Waals surface area contributed by atoms with Crippen molar-refractivity contribution >= 4 is 11.6 Å². The number of rotatable bonds is 5. The van der Waals surface area contributed by atoms with Crippen LogP contribution in [0.5, 0.6) is 0 Å². The van der Waals surface area contributed by atoms with Crippen molar-refractivity contribution < 1.29 is 4.42 Å². The van der Waals surface area contributed by atoms with E-state index in [-0.39, 0.29) is 12.1 Å². The molecule has 0 aliphatic carbocycles. The SMILES string of the molecule is Cc1ccc(C(C)NC(c2ccc(Cl)cc2)C(C)C)o1. The molecule has 0 radical (unpaired) electrons. The Kier molecular flexibility index (Phi) is 4.90. The minimum Gasteiger partial charge on any atom is -0.465 e. The minimum atomic E-state index is 0.173.